The quantitative estimate of drug-likeness (QED) is 0.826. The van der Waals surface area contributed by atoms with Crippen LogP contribution < -0.4 is 10.9 Å². The number of rotatable bonds is 5. The molecule has 134 valence electrons. The number of H-pyrrole nitrogens is 1. The van der Waals surface area contributed by atoms with Gasteiger partial charge in [-0.15, -0.1) is 10.2 Å². The predicted octanol–water partition coefficient (Wildman–Crippen LogP) is 0.604. The standard InChI is InChI=1S/C17H24N6O2/c1-4-14-21-22-15-7-5-12(9-23(14)15)20-16(24)8-6-13-10(2)18-11(3)19-17(13)25/h12H,4-9H2,1-3H3,(H,20,24)(H,18,19,25)/t12-/m1/s1. The van der Waals surface area contributed by atoms with Crippen molar-refractivity contribution >= 4 is 5.91 Å². The van der Waals surface area contributed by atoms with E-state index in [2.05, 4.69) is 37.0 Å². The van der Waals surface area contributed by atoms with Crippen LogP contribution in [0, 0.1) is 13.8 Å². The molecule has 2 aromatic rings. The molecule has 3 heterocycles. The van der Waals surface area contributed by atoms with Crippen LogP contribution in [0.5, 0.6) is 0 Å². The average Bonchev–Trinajstić information content (AvgIpc) is 2.96. The van der Waals surface area contributed by atoms with Crippen molar-refractivity contribution in [2.45, 2.75) is 65.5 Å². The third-order valence-electron chi connectivity index (χ3n) is 4.65. The summed E-state index contributed by atoms with van der Waals surface area (Å²) >= 11 is 0. The van der Waals surface area contributed by atoms with E-state index < -0.39 is 0 Å². The molecule has 3 rings (SSSR count). The van der Waals surface area contributed by atoms with Gasteiger partial charge in [-0.1, -0.05) is 6.92 Å². The van der Waals surface area contributed by atoms with E-state index in [4.69, 9.17) is 0 Å². The van der Waals surface area contributed by atoms with E-state index in [0.717, 1.165) is 30.9 Å². The van der Waals surface area contributed by atoms with Gasteiger partial charge in [0.15, 0.2) is 0 Å². The fourth-order valence-electron chi connectivity index (χ4n) is 3.35. The number of fused-ring (bicyclic) bond motifs is 1. The average molecular weight is 344 g/mol. The van der Waals surface area contributed by atoms with Gasteiger partial charge in [0.25, 0.3) is 5.56 Å². The third kappa shape index (κ3) is 3.78. The molecular weight excluding hydrogens is 320 g/mol. The van der Waals surface area contributed by atoms with Crippen LogP contribution in [-0.4, -0.2) is 36.7 Å². The van der Waals surface area contributed by atoms with Crippen molar-refractivity contribution < 1.29 is 4.79 Å². The lowest BCUT2D eigenvalue weighted by Crippen LogP contribution is -2.41. The van der Waals surface area contributed by atoms with Crippen molar-refractivity contribution in [2.75, 3.05) is 0 Å². The number of hydrogen-bond donors (Lipinski definition) is 2. The zero-order valence-corrected chi connectivity index (χ0v) is 14.9. The fourth-order valence-corrected chi connectivity index (χ4v) is 3.35. The van der Waals surface area contributed by atoms with Crippen molar-refractivity contribution in [3.63, 3.8) is 0 Å². The SMILES string of the molecule is CCc1nnc2n1C[C@H](NC(=O)CCc1c(C)nc(C)[nH]c1=O)CC2. The van der Waals surface area contributed by atoms with Gasteiger partial charge < -0.3 is 14.9 Å². The van der Waals surface area contributed by atoms with Crippen LogP contribution in [0.4, 0.5) is 0 Å². The van der Waals surface area contributed by atoms with Crippen LogP contribution in [-0.2, 0) is 30.6 Å². The fraction of sp³-hybridized carbons (Fsp3) is 0.588. The van der Waals surface area contributed by atoms with Gasteiger partial charge in [0, 0.05) is 43.1 Å². The van der Waals surface area contributed by atoms with Crippen LogP contribution in [0.25, 0.3) is 0 Å². The Labute approximate surface area is 146 Å². The van der Waals surface area contributed by atoms with E-state index in [1.54, 1.807) is 13.8 Å². The predicted molar refractivity (Wildman–Crippen MR) is 92.3 cm³/mol. The van der Waals surface area contributed by atoms with Gasteiger partial charge in [0.05, 0.1) is 0 Å². The van der Waals surface area contributed by atoms with E-state index in [1.165, 1.54) is 0 Å². The Bertz CT molecular complexity index is 825. The first-order chi connectivity index (χ1) is 12.0. The van der Waals surface area contributed by atoms with Gasteiger partial charge >= 0.3 is 0 Å². The van der Waals surface area contributed by atoms with Crippen LogP contribution in [0.2, 0.25) is 0 Å². The van der Waals surface area contributed by atoms with Gasteiger partial charge in [0.2, 0.25) is 5.91 Å². The molecule has 0 unspecified atom stereocenters. The minimum Gasteiger partial charge on any atom is -0.352 e. The first-order valence-electron chi connectivity index (χ1n) is 8.74. The zero-order chi connectivity index (χ0) is 18.0. The number of nitrogens with one attached hydrogen (secondary N) is 2. The zero-order valence-electron chi connectivity index (χ0n) is 14.9. The molecule has 1 amide bonds. The Morgan fingerprint density at radius 1 is 1.36 bits per heavy atom. The molecule has 2 aromatic heterocycles. The van der Waals surface area contributed by atoms with Crippen LogP contribution in [0.1, 0.15) is 48.5 Å². The molecule has 25 heavy (non-hydrogen) atoms. The van der Waals surface area contributed by atoms with E-state index in [-0.39, 0.29) is 23.9 Å². The van der Waals surface area contributed by atoms with Crippen molar-refractivity contribution in [3.8, 4) is 0 Å². The number of carbonyl (C=O) groups excluding carboxylic acids is 1. The van der Waals surface area contributed by atoms with Crippen LogP contribution in [0.15, 0.2) is 4.79 Å². The maximum atomic E-state index is 12.3. The smallest absolute Gasteiger partial charge is 0.254 e. The summed E-state index contributed by atoms with van der Waals surface area (Å²) in [5.41, 5.74) is 1.12. The number of aryl methyl sites for hydroxylation is 4. The van der Waals surface area contributed by atoms with Crippen molar-refractivity contribution in [1.29, 1.82) is 0 Å². The third-order valence-corrected chi connectivity index (χ3v) is 4.65. The summed E-state index contributed by atoms with van der Waals surface area (Å²) in [5, 5.41) is 11.5. The first kappa shape index (κ1) is 17.3. The van der Waals surface area contributed by atoms with Gasteiger partial charge in [-0.25, -0.2) is 4.98 Å². The highest BCUT2D eigenvalue weighted by Gasteiger charge is 2.23. The maximum Gasteiger partial charge on any atom is 0.254 e. The topological polar surface area (TPSA) is 106 Å². The highest BCUT2D eigenvalue weighted by molar-refractivity contribution is 5.76. The molecule has 1 atom stereocenters. The van der Waals surface area contributed by atoms with Crippen molar-refractivity contribution in [2.24, 2.45) is 0 Å². The molecule has 0 saturated carbocycles. The summed E-state index contributed by atoms with van der Waals surface area (Å²) in [6.07, 6.45) is 3.18. The summed E-state index contributed by atoms with van der Waals surface area (Å²) in [7, 11) is 0. The summed E-state index contributed by atoms with van der Waals surface area (Å²) in [6.45, 7) is 6.31. The largest absolute Gasteiger partial charge is 0.352 e. The van der Waals surface area contributed by atoms with Gasteiger partial charge in [-0.3, -0.25) is 9.59 Å². The van der Waals surface area contributed by atoms with Crippen LogP contribution >= 0.6 is 0 Å². The second-order valence-corrected chi connectivity index (χ2v) is 6.52. The van der Waals surface area contributed by atoms with E-state index in [0.29, 0.717) is 30.0 Å². The van der Waals surface area contributed by atoms with Crippen molar-refractivity contribution in [3.05, 3.63) is 39.1 Å². The molecule has 0 saturated heterocycles. The second-order valence-electron chi connectivity index (χ2n) is 6.52. The molecule has 0 bridgehead atoms. The molecule has 0 radical (unpaired) electrons. The lowest BCUT2D eigenvalue weighted by Gasteiger charge is -2.25. The number of nitrogens with zero attached hydrogens (tertiary/aromatic N) is 4. The van der Waals surface area contributed by atoms with E-state index >= 15 is 0 Å². The highest BCUT2D eigenvalue weighted by atomic mass is 16.1. The number of hydrogen-bond acceptors (Lipinski definition) is 5. The molecule has 8 heteroatoms. The summed E-state index contributed by atoms with van der Waals surface area (Å²) in [4.78, 5) is 31.2. The molecule has 1 aliphatic heterocycles. The second kappa shape index (κ2) is 7.16. The number of aromatic amines is 1. The normalized spacial score (nSPS) is 16.5. The molecule has 0 aliphatic carbocycles. The first-order valence-corrected chi connectivity index (χ1v) is 8.74. The molecule has 2 N–H and O–H groups in total. The summed E-state index contributed by atoms with van der Waals surface area (Å²) < 4.78 is 2.10. The highest BCUT2D eigenvalue weighted by Crippen LogP contribution is 2.15. The minimum atomic E-state index is -0.155. The van der Waals surface area contributed by atoms with Gasteiger partial charge in [0.1, 0.15) is 17.5 Å². The Balaban J connectivity index is 1.58. The monoisotopic (exact) mass is 344 g/mol. The Kier molecular flexibility index (Phi) is 4.96. The summed E-state index contributed by atoms with van der Waals surface area (Å²) in [5.74, 6) is 2.51. The summed E-state index contributed by atoms with van der Waals surface area (Å²) in [6, 6.07) is 0.0804. The maximum absolute atomic E-state index is 12.3. The molecule has 8 nitrogen and oxygen atoms in total. The Morgan fingerprint density at radius 3 is 2.88 bits per heavy atom. The molecular formula is C17H24N6O2. The number of amides is 1. The molecule has 0 fully saturated rings. The van der Waals surface area contributed by atoms with Gasteiger partial charge in [-0.2, -0.15) is 0 Å². The molecule has 0 spiro atoms. The number of carbonyl (C=O) groups is 1. The lowest BCUT2D eigenvalue weighted by molar-refractivity contribution is -0.122. The Morgan fingerprint density at radius 2 is 2.16 bits per heavy atom. The van der Waals surface area contributed by atoms with E-state index in [9.17, 15) is 9.59 Å². The van der Waals surface area contributed by atoms with E-state index in [1.807, 2.05) is 0 Å². The van der Waals surface area contributed by atoms with Gasteiger partial charge in [-0.05, 0) is 26.7 Å². The number of aromatic nitrogens is 5. The molecule has 1 aliphatic rings. The van der Waals surface area contributed by atoms with Crippen molar-refractivity contribution in [1.82, 2.24) is 30.0 Å². The Hall–Kier alpha value is -2.51. The molecule has 0 aromatic carbocycles. The minimum absolute atomic E-state index is 0.0426. The van der Waals surface area contributed by atoms with Crippen LogP contribution in [0.3, 0.4) is 0 Å². The lowest BCUT2D eigenvalue weighted by atomic mass is 10.1.